The summed E-state index contributed by atoms with van der Waals surface area (Å²) in [6, 6.07) is 13.2. The molecular formula is C17H22N4. The lowest BCUT2D eigenvalue weighted by atomic mass is 10.2. The number of aryl methyl sites for hydroxylation is 1. The molecule has 0 aliphatic heterocycles. The van der Waals surface area contributed by atoms with Crippen LogP contribution in [0.5, 0.6) is 0 Å². The number of hydrogen-bond donors (Lipinski definition) is 1. The first kappa shape index (κ1) is 13.9. The highest BCUT2D eigenvalue weighted by Gasteiger charge is 2.06. The maximum atomic E-state index is 4.24. The summed E-state index contributed by atoms with van der Waals surface area (Å²) in [5, 5.41) is 9.13. The van der Waals surface area contributed by atoms with Crippen LogP contribution in [0.15, 0.2) is 48.8 Å². The van der Waals surface area contributed by atoms with Crippen molar-refractivity contribution in [3.63, 3.8) is 0 Å². The first-order valence-electron chi connectivity index (χ1n) is 7.50. The van der Waals surface area contributed by atoms with Crippen molar-refractivity contribution in [1.82, 2.24) is 19.7 Å². The molecule has 0 spiro atoms. The van der Waals surface area contributed by atoms with Crippen molar-refractivity contribution < 1.29 is 0 Å². The molecule has 1 atom stereocenters. The average molecular weight is 282 g/mol. The molecule has 0 amide bonds. The number of rotatable bonds is 6. The Kier molecular flexibility index (Phi) is 4.06. The third kappa shape index (κ3) is 3.16. The molecule has 0 unspecified atom stereocenters. The molecule has 1 aromatic carbocycles. The molecule has 0 bridgehead atoms. The Labute approximate surface area is 125 Å². The molecule has 0 saturated carbocycles. The lowest BCUT2D eigenvalue weighted by Crippen LogP contribution is -2.33. The molecule has 21 heavy (non-hydrogen) atoms. The lowest BCUT2D eigenvalue weighted by molar-refractivity contribution is 0.440. The molecule has 0 saturated heterocycles. The highest BCUT2D eigenvalue weighted by atomic mass is 15.3. The van der Waals surface area contributed by atoms with Crippen LogP contribution in [0.3, 0.4) is 0 Å². The van der Waals surface area contributed by atoms with Crippen molar-refractivity contribution in [2.24, 2.45) is 0 Å². The van der Waals surface area contributed by atoms with Gasteiger partial charge in [-0.05, 0) is 37.4 Å². The standard InChI is InChI=1S/C17H22N4/c1-14(13-20-10-5-8-19-20)18-9-11-21-15(2)12-16-6-3-4-7-17(16)21/h3-8,10,12,14,18H,9,11,13H2,1-2H3/t14-/m1/s1. The molecule has 3 aromatic rings. The monoisotopic (exact) mass is 282 g/mol. The van der Waals surface area contributed by atoms with E-state index in [9.17, 15) is 0 Å². The number of benzene rings is 1. The van der Waals surface area contributed by atoms with Gasteiger partial charge in [-0.15, -0.1) is 0 Å². The van der Waals surface area contributed by atoms with Crippen molar-refractivity contribution in [1.29, 1.82) is 0 Å². The minimum atomic E-state index is 0.409. The number of nitrogens with zero attached hydrogens (tertiary/aromatic N) is 3. The van der Waals surface area contributed by atoms with E-state index in [4.69, 9.17) is 0 Å². The fourth-order valence-corrected chi connectivity index (χ4v) is 2.82. The Bertz CT molecular complexity index is 697. The summed E-state index contributed by atoms with van der Waals surface area (Å²) >= 11 is 0. The summed E-state index contributed by atoms with van der Waals surface area (Å²) in [5.41, 5.74) is 2.63. The fourth-order valence-electron chi connectivity index (χ4n) is 2.82. The third-order valence-corrected chi connectivity index (χ3v) is 3.87. The normalized spacial score (nSPS) is 12.9. The SMILES string of the molecule is Cc1cc2ccccc2n1CCN[C@H](C)Cn1cccn1. The van der Waals surface area contributed by atoms with Crippen LogP contribution in [0.25, 0.3) is 10.9 Å². The van der Waals surface area contributed by atoms with E-state index in [1.54, 1.807) is 0 Å². The summed E-state index contributed by atoms with van der Waals surface area (Å²) in [6.07, 6.45) is 3.82. The highest BCUT2D eigenvalue weighted by molar-refractivity contribution is 5.81. The van der Waals surface area contributed by atoms with Crippen LogP contribution in [0.2, 0.25) is 0 Å². The van der Waals surface area contributed by atoms with E-state index in [0.29, 0.717) is 6.04 Å². The minimum absolute atomic E-state index is 0.409. The lowest BCUT2D eigenvalue weighted by Gasteiger charge is -2.15. The Morgan fingerprint density at radius 1 is 1.24 bits per heavy atom. The largest absolute Gasteiger partial charge is 0.344 e. The van der Waals surface area contributed by atoms with Gasteiger partial charge in [0.2, 0.25) is 0 Å². The van der Waals surface area contributed by atoms with E-state index in [1.165, 1.54) is 16.6 Å². The number of nitrogens with one attached hydrogen (secondary N) is 1. The summed E-state index contributed by atoms with van der Waals surface area (Å²) in [6.45, 7) is 7.22. The van der Waals surface area contributed by atoms with Gasteiger partial charge in [0.25, 0.3) is 0 Å². The molecular weight excluding hydrogens is 260 g/mol. The van der Waals surface area contributed by atoms with Crippen molar-refractivity contribution >= 4 is 10.9 Å². The zero-order chi connectivity index (χ0) is 14.7. The van der Waals surface area contributed by atoms with Gasteiger partial charge in [0.1, 0.15) is 0 Å². The van der Waals surface area contributed by atoms with Gasteiger partial charge >= 0.3 is 0 Å². The molecule has 2 aromatic heterocycles. The van der Waals surface area contributed by atoms with Crippen molar-refractivity contribution in [2.45, 2.75) is 33.0 Å². The zero-order valence-electron chi connectivity index (χ0n) is 12.7. The smallest absolute Gasteiger partial charge is 0.0559 e. The van der Waals surface area contributed by atoms with Gasteiger partial charge in [0.15, 0.2) is 0 Å². The minimum Gasteiger partial charge on any atom is -0.344 e. The number of aromatic nitrogens is 3. The Morgan fingerprint density at radius 2 is 2.10 bits per heavy atom. The molecule has 4 heteroatoms. The average Bonchev–Trinajstić information content (AvgIpc) is 3.07. The van der Waals surface area contributed by atoms with E-state index in [0.717, 1.165) is 19.6 Å². The molecule has 4 nitrogen and oxygen atoms in total. The second-order valence-electron chi connectivity index (χ2n) is 5.58. The Hall–Kier alpha value is -2.07. The predicted molar refractivity (Wildman–Crippen MR) is 86.4 cm³/mol. The number of hydrogen-bond acceptors (Lipinski definition) is 2. The second kappa shape index (κ2) is 6.14. The molecule has 1 N–H and O–H groups in total. The van der Waals surface area contributed by atoms with E-state index >= 15 is 0 Å². The van der Waals surface area contributed by atoms with Gasteiger partial charge in [-0.25, -0.2) is 0 Å². The molecule has 0 fully saturated rings. The van der Waals surface area contributed by atoms with E-state index in [2.05, 4.69) is 59.2 Å². The topological polar surface area (TPSA) is 34.8 Å². The maximum absolute atomic E-state index is 4.24. The molecule has 0 aliphatic rings. The van der Waals surface area contributed by atoms with Crippen LogP contribution in [0.1, 0.15) is 12.6 Å². The molecule has 110 valence electrons. The van der Waals surface area contributed by atoms with Crippen LogP contribution < -0.4 is 5.32 Å². The Balaban J connectivity index is 1.58. The molecule has 2 heterocycles. The molecule has 3 rings (SSSR count). The van der Waals surface area contributed by atoms with Crippen LogP contribution in [-0.4, -0.2) is 26.9 Å². The van der Waals surface area contributed by atoms with Gasteiger partial charge in [-0.3, -0.25) is 4.68 Å². The van der Waals surface area contributed by atoms with Crippen LogP contribution in [0.4, 0.5) is 0 Å². The van der Waals surface area contributed by atoms with E-state index < -0.39 is 0 Å². The zero-order valence-corrected chi connectivity index (χ0v) is 12.7. The van der Waals surface area contributed by atoms with Crippen molar-refractivity contribution in [2.75, 3.05) is 6.54 Å². The second-order valence-corrected chi connectivity index (χ2v) is 5.58. The van der Waals surface area contributed by atoms with Gasteiger partial charge in [-0.2, -0.15) is 5.10 Å². The third-order valence-electron chi connectivity index (χ3n) is 3.87. The van der Waals surface area contributed by atoms with Crippen LogP contribution in [0, 0.1) is 6.92 Å². The van der Waals surface area contributed by atoms with Crippen molar-refractivity contribution in [3.8, 4) is 0 Å². The Morgan fingerprint density at radius 3 is 2.90 bits per heavy atom. The van der Waals surface area contributed by atoms with Gasteiger partial charge in [-0.1, -0.05) is 18.2 Å². The summed E-state index contributed by atoms with van der Waals surface area (Å²) in [4.78, 5) is 0. The van der Waals surface area contributed by atoms with Crippen LogP contribution >= 0.6 is 0 Å². The van der Waals surface area contributed by atoms with Crippen molar-refractivity contribution in [3.05, 3.63) is 54.5 Å². The van der Waals surface area contributed by atoms with E-state index in [-0.39, 0.29) is 0 Å². The summed E-state index contributed by atoms with van der Waals surface area (Å²) < 4.78 is 4.34. The van der Waals surface area contributed by atoms with Gasteiger partial charge < -0.3 is 9.88 Å². The number of fused-ring (bicyclic) bond motifs is 1. The van der Waals surface area contributed by atoms with E-state index in [1.807, 2.05) is 23.1 Å². The molecule has 0 radical (unpaired) electrons. The first-order valence-corrected chi connectivity index (χ1v) is 7.50. The van der Waals surface area contributed by atoms with Crippen LogP contribution in [-0.2, 0) is 13.1 Å². The summed E-state index contributed by atoms with van der Waals surface area (Å²) in [7, 11) is 0. The quantitative estimate of drug-likeness (QED) is 0.754. The fraction of sp³-hybridized carbons (Fsp3) is 0.353. The molecule has 0 aliphatic carbocycles. The predicted octanol–water partition coefficient (Wildman–Crippen LogP) is 2.82. The van der Waals surface area contributed by atoms with Gasteiger partial charge in [0.05, 0.1) is 6.54 Å². The summed E-state index contributed by atoms with van der Waals surface area (Å²) in [5.74, 6) is 0. The first-order chi connectivity index (χ1) is 10.2. The van der Waals surface area contributed by atoms with Gasteiger partial charge in [0, 0.05) is 42.7 Å². The maximum Gasteiger partial charge on any atom is 0.0559 e. The highest BCUT2D eigenvalue weighted by Crippen LogP contribution is 2.18. The number of para-hydroxylation sites is 1.